The van der Waals surface area contributed by atoms with Gasteiger partial charge in [-0.25, -0.2) is 0 Å². The Bertz CT molecular complexity index is 434. The number of aliphatic hydroxyl groups excluding tert-OH is 1. The zero-order valence-electron chi connectivity index (χ0n) is 11.4. The van der Waals surface area contributed by atoms with Crippen LogP contribution in [0.1, 0.15) is 43.8 Å². The molecule has 1 fully saturated rings. The van der Waals surface area contributed by atoms with Crippen LogP contribution < -0.4 is 10.5 Å². The average Bonchev–Trinajstić information content (AvgIpc) is 2.47. The second kappa shape index (κ2) is 6.50. The summed E-state index contributed by atoms with van der Waals surface area (Å²) in [6, 6.07) is 6.42. The van der Waals surface area contributed by atoms with Crippen molar-refractivity contribution in [2.75, 3.05) is 6.54 Å². The summed E-state index contributed by atoms with van der Waals surface area (Å²) in [7, 11) is 0. The lowest BCUT2D eigenvalue weighted by atomic mass is 9.68. The predicted octanol–water partition coefficient (Wildman–Crippen LogP) is 3.23. The molecule has 1 aliphatic carbocycles. The van der Waals surface area contributed by atoms with Gasteiger partial charge in [0.2, 0.25) is 0 Å². The molecule has 0 spiro atoms. The van der Waals surface area contributed by atoms with Crippen molar-refractivity contribution in [3.63, 3.8) is 0 Å². The van der Waals surface area contributed by atoms with Crippen LogP contribution in [0.15, 0.2) is 24.3 Å². The highest BCUT2D eigenvalue weighted by atomic mass is 19.3. The van der Waals surface area contributed by atoms with Crippen molar-refractivity contribution in [2.45, 2.75) is 44.8 Å². The van der Waals surface area contributed by atoms with Gasteiger partial charge in [-0.05, 0) is 18.9 Å². The molecule has 1 aromatic carbocycles. The number of halogens is 2. The number of para-hydroxylation sites is 1. The van der Waals surface area contributed by atoms with E-state index in [2.05, 4.69) is 4.74 Å². The van der Waals surface area contributed by atoms with Gasteiger partial charge in [-0.15, -0.1) is 0 Å². The zero-order valence-corrected chi connectivity index (χ0v) is 11.4. The summed E-state index contributed by atoms with van der Waals surface area (Å²) >= 11 is 0. The summed E-state index contributed by atoms with van der Waals surface area (Å²) in [6.45, 7) is -2.56. The van der Waals surface area contributed by atoms with Crippen LogP contribution in [0.3, 0.4) is 0 Å². The predicted molar refractivity (Wildman–Crippen MR) is 72.6 cm³/mol. The smallest absolute Gasteiger partial charge is 0.387 e. The van der Waals surface area contributed by atoms with Crippen molar-refractivity contribution in [2.24, 2.45) is 11.1 Å². The number of rotatable bonds is 5. The first-order valence-corrected chi connectivity index (χ1v) is 7.01. The van der Waals surface area contributed by atoms with Gasteiger partial charge in [0.25, 0.3) is 0 Å². The molecule has 0 saturated heterocycles. The maximum absolute atomic E-state index is 12.5. The Kier molecular flexibility index (Phi) is 4.94. The van der Waals surface area contributed by atoms with Crippen molar-refractivity contribution in [1.82, 2.24) is 0 Å². The summed E-state index contributed by atoms with van der Waals surface area (Å²) < 4.78 is 29.4. The van der Waals surface area contributed by atoms with Gasteiger partial charge in [0, 0.05) is 17.5 Å². The summed E-state index contributed by atoms with van der Waals surface area (Å²) in [4.78, 5) is 0. The fourth-order valence-corrected chi connectivity index (χ4v) is 3.08. The molecule has 0 bridgehead atoms. The molecule has 1 atom stereocenters. The Balaban J connectivity index is 2.29. The molecule has 20 heavy (non-hydrogen) atoms. The summed E-state index contributed by atoms with van der Waals surface area (Å²) in [5.41, 5.74) is 5.85. The first-order chi connectivity index (χ1) is 9.59. The topological polar surface area (TPSA) is 55.5 Å². The third-order valence-corrected chi connectivity index (χ3v) is 4.27. The number of hydrogen-bond acceptors (Lipinski definition) is 3. The van der Waals surface area contributed by atoms with Crippen molar-refractivity contribution in [3.05, 3.63) is 29.8 Å². The highest BCUT2D eigenvalue weighted by Gasteiger charge is 2.39. The zero-order chi connectivity index (χ0) is 14.6. The number of nitrogens with two attached hydrogens (primary N) is 1. The number of ether oxygens (including phenoxy) is 1. The fourth-order valence-electron chi connectivity index (χ4n) is 3.08. The lowest BCUT2D eigenvalue weighted by molar-refractivity contribution is -0.0553. The molecule has 0 amide bonds. The van der Waals surface area contributed by atoms with E-state index in [-0.39, 0.29) is 5.75 Å². The van der Waals surface area contributed by atoms with Crippen molar-refractivity contribution in [1.29, 1.82) is 0 Å². The maximum Gasteiger partial charge on any atom is 0.387 e. The summed E-state index contributed by atoms with van der Waals surface area (Å²) in [5.74, 6) is 0.0356. The lowest BCUT2D eigenvalue weighted by Crippen LogP contribution is -2.38. The van der Waals surface area contributed by atoms with Crippen molar-refractivity contribution < 1.29 is 18.6 Å². The lowest BCUT2D eigenvalue weighted by Gasteiger charge is -2.40. The molecule has 3 N–H and O–H groups in total. The minimum atomic E-state index is -2.90. The first-order valence-electron chi connectivity index (χ1n) is 7.01. The van der Waals surface area contributed by atoms with Crippen LogP contribution in [-0.4, -0.2) is 18.3 Å². The highest BCUT2D eigenvalue weighted by molar-refractivity contribution is 5.36. The minimum Gasteiger partial charge on any atom is -0.434 e. The van der Waals surface area contributed by atoms with Crippen molar-refractivity contribution >= 4 is 0 Å². The third-order valence-electron chi connectivity index (χ3n) is 4.27. The van der Waals surface area contributed by atoms with E-state index in [4.69, 9.17) is 5.73 Å². The third kappa shape index (κ3) is 3.10. The Morgan fingerprint density at radius 3 is 2.45 bits per heavy atom. The van der Waals surface area contributed by atoms with E-state index in [1.165, 1.54) is 6.07 Å². The number of alkyl halides is 2. The van der Waals surface area contributed by atoms with E-state index < -0.39 is 18.1 Å². The second-order valence-electron chi connectivity index (χ2n) is 5.45. The summed E-state index contributed by atoms with van der Waals surface area (Å²) in [6.07, 6.45) is 3.89. The quantitative estimate of drug-likeness (QED) is 0.873. The maximum atomic E-state index is 12.5. The van der Waals surface area contributed by atoms with Gasteiger partial charge < -0.3 is 15.6 Å². The molecule has 0 radical (unpaired) electrons. The molecule has 1 aliphatic rings. The van der Waals surface area contributed by atoms with Gasteiger partial charge in [0.15, 0.2) is 0 Å². The monoisotopic (exact) mass is 285 g/mol. The molecule has 0 aromatic heterocycles. The fraction of sp³-hybridized carbons (Fsp3) is 0.600. The van der Waals surface area contributed by atoms with Crippen LogP contribution >= 0.6 is 0 Å². The van der Waals surface area contributed by atoms with E-state index in [1.54, 1.807) is 18.2 Å². The van der Waals surface area contributed by atoms with Gasteiger partial charge in [0.1, 0.15) is 5.75 Å². The van der Waals surface area contributed by atoms with Crippen molar-refractivity contribution in [3.8, 4) is 5.75 Å². The van der Waals surface area contributed by atoms with Crippen LogP contribution in [0.4, 0.5) is 8.78 Å². The van der Waals surface area contributed by atoms with Gasteiger partial charge >= 0.3 is 6.61 Å². The van der Waals surface area contributed by atoms with E-state index in [0.717, 1.165) is 32.1 Å². The molecule has 1 aromatic rings. The Morgan fingerprint density at radius 1 is 1.20 bits per heavy atom. The number of aliphatic hydroxyl groups is 1. The van der Waals surface area contributed by atoms with Gasteiger partial charge in [-0.1, -0.05) is 37.5 Å². The molecule has 3 nitrogen and oxygen atoms in total. The second-order valence-corrected chi connectivity index (χ2v) is 5.45. The Morgan fingerprint density at radius 2 is 1.85 bits per heavy atom. The summed E-state index contributed by atoms with van der Waals surface area (Å²) in [5, 5.41) is 10.7. The number of benzene rings is 1. The van der Waals surface area contributed by atoms with Crippen LogP contribution in [0, 0.1) is 5.41 Å². The molecule has 5 heteroatoms. The molecule has 0 heterocycles. The van der Waals surface area contributed by atoms with E-state index in [9.17, 15) is 13.9 Å². The van der Waals surface area contributed by atoms with E-state index in [1.807, 2.05) is 0 Å². The van der Waals surface area contributed by atoms with E-state index in [0.29, 0.717) is 12.1 Å². The average molecular weight is 285 g/mol. The molecule has 0 aliphatic heterocycles. The first kappa shape index (κ1) is 15.2. The van der Waals surface area contributed by atoms with Gasteiger partial charge in [-0.2, -0.15) is 8.78 Å². The minimum absolute atomic E-state index is 0.0356. The number of hydrogen-bond donors (Lipinski definition) is 2. The molecule has 112 valence electrons. The molecule has 1 saturated carbocycles. The van der Waals surface area contributed by atoms with Crippen LogP contribution in [0.2, 0.25) is 0 Å². The SMILES string of the molecule is NCC1(C(O)c2ccccc2OC(F)F)CCCCC1. The Labute approximate surface area is 117 Å². The molecular weight excluding hydrogens is 264 g/mol. The molecular formula is C15H21F2NO2. The largest absolute Gasteiger partial charge is 0.434 e. The van der Waals surface area contributed by atoms with Crippen LogP contribution in [0.25, 0.3) is 0 Å². The normalized spacial score (nSPS) is 19.9. The van der Waals surface area contributed by atoms with Gasteiger partial charge in [0.05, 0.1) is 6.10 Å². The standard InChI is InChI=1S/C15H21F2NO2/c16-14(17)20-12-7-3-2-6-11(12)13(19)15(10-18)8-4-1-5-9-15/h2-3,6-7,13-14,19H,1,4-5,8-10,18H2. The Hall–Kier alpha value is -1.20. The van der Waals surface area contributed by atoms with Crippen LogP contribution in [-0.2, 0) is 0 Å². The molecule has 2 rings (SSSR count). The van der Waals surface area contributed by atoms with Gasteiger partial charge in [-0.3, -0.25) is 0 Å². The highest BCUT2D eigenvalue weighted by Crippen LogP contribution is 2.47. The molecule has 1 unspecified atom stereocenters. The van der Waals surface area contributed by atoms with Crippen LogP contribution in [0.5, 0.6) is 5.75 Å². The van der Waals surface area contributed by atoms with E-state index >= 15 is 0 Å².